The quantitative estimate of drug-likeness (QED) is 0.357. The Morgan fingerprint density at radius 2 is 1.81 bits per heavy atom. The standard InChI is InChI=1S/C38H45N3O7/c1-5-24(3)28(22-42)41-34-36(45)40(27-20-23(2)16-17-25(27)4)19-11-18-38(34)33(35(41)44)32-29(48-38)14-9-10-15-31(43)39-21-30(47-37(32)46)26-12-7-6-8-13-26/h6-9,11-14,16-18,20,24,28-30,32-34,42H,5,10,15,19,21-22H2,1-4H3,(H,39,43)/b14-9-/t24-,28-,29+,30-,32-,33-,34+,38-/m0/s1. The molecule has 3 amide bonds. The van der Waals surface area contributed by atoms with E-state index in [1.807, 2.05) is 82.3 Å². The van der Waals surface area contributed by atoms with Gasteiger partial charge in [0.1, 0.15) is 23.7 Å². The van der Waals surface area contributed by atoms with Crippen molar-refractivity contribution in [3.63, 3.8) is 0 Å². The summed E-state index contributed by atoms with van der Waals surface area (Å²) in [4.78, 5) is 60.1. The van der Waals surface area contributed by atoms with Crippen LogP contribution in [0, 0.1) is 31.6 Å². The molecule has 2 N–H and O–H groups in total. The number of aliphatic hydroxyl groups is 1. The van der Waals surface area contributed by atoms with Crippen molar-refractivity contribution in [3.8, 4) is 0 Å². The van der Waals surface area contributed by atoms with Crippen LogP contribution in [-0.2, 0) is 28.7 Å². The van der Waals surface area contributed by atoms with Crippen LogP contribution < -0.4 is 10.2 Å². The van der Waals surface area contributed by atoms with Crippen molar-refractivity contribution in [2.45, 2.75) is 76.9 Å². The second-order valence-corrected chi connectivity index (χ2v) is 13.5. The molecular weight excluding hydrogens is 610 g/mol. The number of nitrogens with one attached hydrogen (secondary N) is 1. The minimum atomic E-state index is -1.50. The minimum Gasteiger partial charge on any atom is -0.455 e. The zero-order valence-corrected chi connectivity index (χ0v) is 28.0. The maximum atomic E-state index is 15.0. The number of esters is 1. The molecule has 0 aliphatic carbocycles. The number of allylic oxidation sites excluding steroid dienone is 1. The number of likely N-dealkylation sites (tertiary alicyclic amines) is 1. The molecule has 2 aromatic rings. The van der Waals surface area contributed by atoms with Gasteiger partial charge in [0.05, 0.1) is 31.2 Å². The summed E-state index contributed by atoms with van der Waals surface area (Å²) in [6.07, 6.45) is 6.74. The van der Waals surface area contributed by atoms with Gasteiger partial charge in [-0.05, 0) is 48.9 Å². The molecule has 10 nitrogen and oxygen atoms in total. The number of aryl methyl sites for hydroxylation is 2. The summed E-state index contributed by atoms with van der Waals surface area (Å²) in [5.74, 6) is -3.89. The third-order valence-electron chi connectivity index (χ3n) is 10.5. The highest BCUT2D eigenvalue weighted by atomic mass is 16.6. The van der Waals surface area contributed by atoms with Gasteiger partial charge in [0.2, 0.25) is 11.8 Å². The fraction of sp³-hybridized carbons (Fsp3) is 0.474. The predicted molar refractivity (Wildman–Crippen MR) is 180 cm³/mol. The molecule has 0 saturated carbocycles. The first kappa shape index (κ1) is 33.6. The van der Waals surface area contributed by atoms with Crippen LogP contribution >= 0.6 is 0 Å². The molecule has 4 heterocycles. The lowest BCUT2D eigenvalue weighted by molar-refractivity contribution is -0.160. The van der Waals surface area contributed by atoms with Gasteiger partial charge in [-0.2, -0.15) is 0 Å². The molecule has 6 rings (SSSR count). The number of hydrogen-bond acceptors (Lipinski definition) is 7. The minimum absolute atomic E-state index is 0.0683. The van der Waals surface area contributed by atoms with Gasteiger partial charge in [-0.25, -0.2) is 0 Å². The average molecular weight is 656 g/mol. The van der Waals surface area contributed by atoms with E-state index in [4.69, 9.17) is 9.47 Å². The molecule has 2 saturated heterocycles. The smallest absolute Gasteiger partial charge is 0.313 e. The molecule has 2 aromatic carbocycles. The Morgan fingerprint density at radius 1 is 1.04 bits per heavy atom. The van der Waals surface area contributed by atoms with Crippen molar-refractivity contribution in [1.82, 2.24) is 10.2 Å². The topological polar surface area (TPSA) is 125 Å². The van der Waals surface area contributed by atoms with E-state index >= 15 is 0 Å². The fourth-order valence-corrected chi connectivity index (χ4v) is 7.74. The van der Waals surface area contributed by atoms with E-state index in [1.165, 1.54) is 4.90 Å². The van der Waals surface area contributed by atoms with E-state index in [0.29, 0.717) is 18.4 Å². The van der Waals surface area contributed by atoms with Crippen molar-refractivity contribution >= 4 is 29.4 Å². The highest BCUT2D eigenvalue weighted by Crippen LogP contribution is 2.54. The Bertz CT molecular complexity index is 1620. The van der Waals surface area contributed by atoms with Crippen molar-refractivity contribution in [2.75, 3.05) is 24.6 Å². The maximum Gasteiger partial charge on any atom is 0.313 e. The van der Waals surface area contributed by atoms with Gasteiger partial charge in [0, 0.05) is 18.7 Å². The highest BCUT2D eigenvalue weighted by molar-refractivity contribution is 6.06. The number of benzene rings is 2. The number of hydrogen-bond donors (Lipinski definition) is 2. The molecule has 0 bridgehead atoms. The predicted octanol–water partition coefficient (Wildman–Crippen LogP) is 3.94. The van der Waals surface area contributed by atoms with E-state index in [2.05, 4.69) is 5.32 Å². The Kier molecular flexibility index (Phi) is 9.58. The van der Waals surface area contributed by atoms with E-state index < -0.39 is 53.6 Å². The first-order valence-corrected chi connectivity index (χ1v) is 17.0. The van der Waals surface area contributed by atoms with Crippen LogP contribution in [0.5, 0.6) is 0 Å². The number of fused-ring (bicyclic) bond motifs is 2. The van der Waals surface area contributed by atoms with Gasteiger partial charge in [0.25, 0.3) is 5.91 Å². The number of carbonyl (C=O) groups is 4. The van der Waals surface area contributed by atoms with Gasteiger partial charge < -0.3 is 29.7 Å². The number of ether oxygens (including phenoxy) is 2. The summed E-state index contributed by atoms with van der Waals surface area (Å²) < 4.78 is 13.0. The molecule has 0 aromatic heterocycles. The van der Waals surface area contributed by atoms with Crippen LogP contribution in [-0.4, -0.2) is 77.2 Å². The summed E-state index contributed by atoms with van der Waals surface area (Å²) in [5.41, 5.74) is 1.82. The normalized spacial score (nSPS) is 31.0. The second kappa shape index (κ2) is 13.7. The summed E-state index contributed by atoms with van der Waals surface area (Å²) >= 11 is 0. The fourth-order valence-electron chi connectivity index (χ4n) is 7.74. The van der Waals surface area contributed by atoms with E-state index in [9.17, 15) is 24.3 Å². The molecule has 4 aliphatic rings. The Morgan fingerprint density at radius 3 is 2.54 bits per heavy atom. The monoisotopic (exact) mass is 655 g/mol. The molecule has 8 atom stereocenters. The van der Waals surface area contributed by atoms with E-state index in [-0.39, 0.29) is 43.8 Å². The molecule has 2 fully saturated rings. The maximum absolute atomic E-state index is 15.0. The molecule has 0 radical (unpaired) electrons. The SMILES string of the molecule is CC[C@H](C)[C@H](CO)N1C(=O)[C@@H]2[C@H]3C(=O)O[C@H](c4ccccc4)CNC(=O)CC/C=C\[C@H]3O[C@@]23C=CCN(c2cc(C)ccc2C)C(=O)[C@@H]13. The van der Waals surface area contributed by atoms with Crippen LogP contribution in [0.4, 0.5) is 5.69 Å². The van der Waals surface area contributed by atoms with Crippen LogP contribution in [0.1, 0.15) is 55.9 Å². The van der Waals surface area contributed by atoms with E-state index in [1.54, 1.807) is 23.1 Å². The molecule has 254 valence electrons. The summed E-state index contributed by atoms with van der Waals surface area (Å²) in [6, 6.07) is 13.2. The average Bonchev–Trinajstić information content (AvgIpc) is 3.47. The Labute approximate surface area is 281 Å². The van der Waals surface area contributed by atoms with Crippen molar-refractivity contribution in [2.24, 2.45) is 17.8 Å². The Hall–Kier alpha value is -4.28. The largest absolute Gasteiger partial charge is 0.455 e. The first-order valence-electron chi connectivity index (χ1n) is 17.0. The lowest BCUT2D eigenvalue weighted by atomic mass is 9.77. The summed E-state index contributed by atoms with van der Waals surface area (Å²) in [7, 11) is 0. The van der Waals surface area contributed by atoms with Gasteiger partial charge in [-0.3, -0.25) is 19.2 Å². The van der Waals surface area contributed by atoms with Crippen LogP contribution in [0.3, 0.4) is 0 Å². The summed E-state index contributed by atoms with van der Waals surface area (Å²) in [6.45, 7) is 7.79. The molecular formula is C38H45N3O7. The zero-order chi connectivity index (χ0) is 34.2. The van der Waals surface area contributed by atoms with E-state index in [0.717, 1.165) is 16.8 Å². The molecule has 0 unspecified atom stereocenters. The molecule has 10 heteroatoms. The molecule has 4 aliphatic heterocycles. The highest BCUT2D eigenvalue weighted by Gasteiger charge is 2.72. The van der Waals surface area contributed by atoms with Gasteiger partial charge in [-0.15, -0.1) is 0 Å². The third-order valence-corrected chi connectivity index (χ3v) is 10.5. The number of carbonyl (C=O) groups excluding carboxylic acids is 4. The van der Waals surface area contributed by atoms with Crippen molar-refractivity contribution in [1.29, 1.82) is 0 Å². The Balaban J connectivity index is 1.48. The zero-order valence-electron chi connectivity index (χ0n) is 28.0. The van der Waals surface area contributed by atoms with Crippen LogP contribution in [0.25, 0.3) is 0 Å². The number of anilines is 1. The van der Waals surface area contributed by atoms with Crippen molar-refractivity contribution in [3.05, 3.63) is 89.5 Å². The number of amides is 3. The van der Waals surface area contributed by atoms with Gasteiger partial charge >= 0.3 is 5.97 Å². The number of aliphatic hydroxyl groups excluding tert-OH is 1. The number of nitrogens with zero attached hydrogens (tertiary/aromatic N) is 2. The number of cyclic esters (lactones) is 1. The summed E-state index contributed by atoms with van der Waals surface area (Å²) in [5, 5.41) is 13.6. The molecule has 1 spiro atoms. The first-order chi connectivity index (χ1) is 23.1. The lowest BCUT2D eigenvalue weighted by Gasteiger charge is -2.40. The van der Waals surface area contributed by atoms with Gasteiger partial charge in [-0.1, -0.05) is 87.0 Å². The lowest BCUT2D eigenvalue weighted by Crippen LogP contribution is -2.59. The van der Waals surface area contributed by atoms with Crippen molar-refractivity contribution < 1.29 is 33.8 Å². The van der Waals surface area contributed by atoms with Crippen LogP contribution in [0.15, 0.2) is 72.8 Å². The molecule has 48 heavy (non-hydrogen) atoms. The second-order valence-electron chi connectivity index (χ2n) is 13.5. The van der Waals surface area contributed by atoms with Gasteiger partial charge in [0.15, 0.2) is 0 Å². The van der Waals surface area contributed by atoms with Crippen LogP contribution in [0.2, 0.25) is 0 Å². The number of rotatable bonds is 6. The third kappa shape index (κ3) is 5.85.